The van der Waals surface area contributed by atoms with Gasteiger partial charge in [-0.3, -0.25) is 9.69 Å². The summed E-state index contributed by atoms with van der Waals surface area (Å²) in [7, 11) is 0. The Balaban J connectivity index is 1.35. The highest BCUT2D eigenvalue weighted by Crippen LogP contribution is 2.34. The molecule has 0 atom stereocenters. The van der Waals surface area contributed by atoms with Gasteiger partial charge in [-0.2, -0.15) is 0 Å². The first kappa shape index (κ1) is 15.2. The number of rotatable bonds is 4. The number of para-hydroxylation sites is 2. The SMILES string of the molecule is Nc1ccccc1NC(=O)c1ccc(CN2CC3(CNC3)C2)cc1. The number of carbonyl (C=O) groups is 1. The van der Waals surface area contributed by atoms with Gasteiger partial charge >= 0.3 is 0 Å². The molecule has 1 amide bonds. The molecule has 24 heavy (non-hydrogen) atoms. The predicted octanol–water partition coefficient (Wildman–Crippen LogP) is 1.93. The largest absolute Gasteiger partial charge is 0.397 e. The summed E-state index contributed by atoms with van der Waals surface area (Å²) in [5.41, 5.74) is 9.51. The quantitative estimate of drug-likeness (QED) is 0.752. The zero-order chi connectivity index (χ0) is 16.6. The maximum Gasteiger partial charge on any atom is 0.255 e. The second kappa shape index (κ2) is 5.92. The van der Waals surface area contributed by atoms with Crippen molar-refractivity contribution in [3.63, 3.8) is 0 Å². The zero-order valence-electron chi connectivity index (χ0n) is 13.6. The molecule has 124 valence electrons. The molecule has 2 heterocycles. The van der Waals surface area contributed by atoms with Crippen molar-refractivity contribution in [1.82, 2.24) is 10.2 Å². The van der Waals surface area contributed by atoms with Crippen LogP contribution in [0.1, 0.15) is 15.9 Å². The highest BCUT2D eigenvalue weighted by atomic mass is 16.1. The van der Waals surface area contributed by atoms with Gasteiger partial charge in [-0.15, -0.1) is 0 Å². The van der Waals surface area contributed by atoms with E-state index in [0.29, 0.717) is 22.4 Å². The number of carbonyl (C=O) groups excluding carboxylic acids is 1. The number of nitrogens with one attached hydrogen (secondary N) is 2. The number of hydrogen-bond donors (Lipinski definition) is 3. The first-order valence-corrected chi connectivity index (χ1v) is 8.32. The van der Waals surface area contributed by atoms with E-state index in [1.165, 1.54) is 18.7 Å². The molecule has 0 unspecified atom stereocenters. The van der Waals surface area contributed by atoms with Crippen molar-refractivity contribution in [2.45, 2.75) is 6.54 Å². The van der Waals surface area contributed by atoms with Crippen LogP contribution in [-0.2, 0) is 6.54 Å². The van der Waals surface area contributed by atoms with Crippen molar-refractivity contribution >= 4 is 17.3 Å². The molecule has 4 N–H and O–H groups in total. The van der Waals surface area contributed by atoms with Gasteiger partial charge < -0.3 is 16.4 Å². The lowest BCUT2D eigenvalue weighted by Crippen LogP contribution is -2.70. The first-order chi connectivity index (χ1) is 11.6. The van der Waals surface area contributed by atoms with Crippen LogP contribution in [0.5, 0.6) is 0 Å². The molecule has 0 radical (unpaired) electrons. The molecule has 2 aliphatic heterocycles. The monoisotopic (exact) mass is 322 g/mol. The summed E-state index contributed by atoms with van der Waals surface area (Å²) in [5, 5.41) is 6.21. The first-order valence-electron chi connectivity index (χ1n) is 8.32. The van der Waals surface area contributed by atoms with Crippen LogP contribution in [0.15, 0.2) is 48.5 Å². The normalized spacial score (nSPS) is 18.7. The Bertz CT molecular complexity index is 744. The van der Waals surface area contributed by atoms with Crippen molar-refractivity contribution < 1.29 is 4.79 Å². The lowest BCUT2D eigenvalue weighted by atomic mass is 9.74. The van der Waals surface area contributed by atoms with Crippen molar-refractivity contribution in [2.75, 3.05) is 37.2 Å². The van der Waals surface area contributed by atoms with Gasteiger partial charge in [0.15, 0.2) is 0 Å². The predicted molar refractivity (Wildman–Crippen MR) is 95.8 cm³/mol. The molecular formula is C19H22N4O. The standard InChI is InChI=1S/C19H22N4O/c20-16-3-1-2-4-17(16)22-18(24)15-7-5-14(6-8-15)9-23-12-19(13-23)10-21-11-19/h1-8,21H,9-13,20H2,(H,22,24). The molecule has 2 saturated heterocycles. The summed E-state index contributed by atoms with van der Waals surface area (Å²) in [4.78, 5) is 14.8. The van der Waals surface area contributed by atoms with E-state index in [1.54, 1.807) is 12.1 Å². The fraction of sp³-hybridized carbons (Fsp3) is 0.316. The molecule has 0 aliphatic carbocycles. The van der Waals surface area contributed by atoms with E-state index >= 15 is 0 Å². The van der Waals surface area contributed by atoms with Crippen LogP contribution >= 0.6 is 0 Å². The van der Waals surface area contributed by atoms with Crippen molar-refractivity contribution in [3.8, 4) is 0 Å². The minimum atomic E-state index is -0.136. The fourth-order valence-electron chi connectivity index (χ4n) is 3.54. The summed E-state index contributed by atoms with van der Waals surface area (Å²) in [6.45, 7) is 5.62. The van der Waals surface area contributed by atoms with E-state index < -0.39 is 0 Å². The summed E-state index contributed by atoms with van der Waals surface area (Å²) in [6, 6.07) is 15.1. The number of anilines is 2. The van der Waals surface area contributed by atoms with Crippen LogP contribution in [0.3, 0.4) is 0 Å². The number of nitrogens with zero attached hydrogens (tertiary/aromatic N) is 1. The van der Waals surface area contributed by atoms with Gasteiger partial charge in [0.2, 0.25) is 0 Å². The van der Waals surface area contributed by atoms with E-state index in [9.17, 15) is 4.79 Å². The third kappa shape index (κ3) is 2.88. The Morgan fingerprint density at radius 2 is 1.83 bits per heavy atom. The Labute approximate surface area is 141 Å². The summed E-state index contributed by atoms with van der Waals surface area (Å²) < 4.78 is 0. The second-order valence-corrected chi connectivity index (χ2v) is 6.99. The maximum absolute atomic E-state index is 12.3. The highest BCUT2D eigenvalue weighted by Gasteiger charge is 2.46. The van der Waals surface area contributed by atoms with Gasteiger partial charge in [0, 0.05) is 43.7 Å². The Hall–Kier alpha value is -2.37. The number of nitrogen functional groups attached to an aromatic ring is 1. The lowest BCUT2D eigenvalue weighted by Gasteiger charge is -2.56. The molecule has 5 heteroatoms. The topological polar surface area (TPSA) is 70.4 Å². The molecule has 5 nitrogen and oxygen atoms in total. The molecule has 2 aromatic carbocycles. The number of amides is 1. The average molecular weight is 322 g/mol. The van der Waals surface area contributed by atoms with Gasteiger partial charge in [0.1, 0.15) is 0 Å². The highest BCUT2D eigenvalue weighted by molar-refractivity contribution is 6.05. The second-order valence-electron chi connectivity index (χ2n) is 6.99. The van der Waals surface area contributed by atoms with E-state index in [1.807, 2.05) is 36.4 Å². The third-order valence-electron chi connectivity index (χ3n) is 4.95. The van der Waals surface area contributed by atoms with Crippen LogP contribution in [-0.4, -0.2) is 37.0 Å². The smallest absolute Gasteiger partial charge is 0.255 e. The average Bonchev–Trinajstić information content (AvgIpc) is 2.51. The molecule has 2 fully saturated rings. The van der Waals surface area contributed by atoms with Gasteiger partial charge in [0.05, 0.1) is 11.4 Å². The van der Waals surface area contributed by atoms with Gasteiger partial charge in [-0.05, 0) is 29.8 Å². The van der Waals surface area contributed by atoms with Crippen LogP contribution in [0.25, 0.3) is 0 Å². The molecule has 0 aromatic heterocycles. The molecule has 1 spiro atoms. The molecule has 2 aliphatic rings. The zero-order valence-corrected chi connectivity index (χ0v) is 13.6. The Kier molecular flexibility index (Phi) is 3.75. The van der Waals surface area contributed by atoms with Gasteiger partial charge in [-0.1, -0.05) is 24.3 Å². The summed E-state index contributed by atoms with van der Waals surface area (Å²) >= 11 is 0. The number of likely N-dealkylation sites (tertiary alicyclic amines) is 1. The molecule has 2 aromatic rings. The summed E-state index contributed by atoms with van der Waals surface area (Å²) in [5.74, 6) is -0.136. The summed E-state index contributed by atoms with van der Waals surface area (Å²) in [6.07, 6.45) is 0. The van der Waals surface area contributed by atoms with E-state index in [0.717, 1.165) is 19.6 Å². The molecular weight excluding hydrogens is 300 g/mol. The van der Waals surface area contributed by atoms with Crippen LogP contribution in [0, 0.1) is 5.41 Å². The lowest BCUT2D eigenvalue weighted by molar-refractivity contribution is -0.0444. The van der Waals surface area contributed by atoms with Crippen LogP contribution in [0.4, 0.5) is 11.4 Å². The van der Waals surface area contributed by atoms with Crippen molar-refractivity contribution in [3.05, 3.63) is 59.7 Å². The molecule has 4 rings (SSSR count). The maximum atomic E-state index is 12.3. The molecule has 0 saturated carbocycles. The van der Waals surface area contributed by atoms with Gasteiger partial charge in [0.25, 0.3) is 5.91 Å². The van der Waals surface area contributed by atoms with E-state index in [4.69, 9.17) is 5.73 Å². The van der Waals surface area contributed by atoms with E-state index in [-0.39, 0.29) is 5.91 Å². The van der Waals surface area contributed by atoms with Crippen molar-refractivity contribution in [1.29, 1.82) is 0 Å². The van der Waals surface area contributed by atoms with E-state index in [2.05, 4.69) is 15.5 Å². The molecule has 0 bridgehead atoms. The van der Waals surface area contributed by atoms with Gasteiger partial charge in [-0.25, -0.2) is 0 Å². The Morgan fingerprint density at radius 3 is 2.46 bits per heavy atom. The fourth-order valence-corrected chi connectivity index (χ4v) is 3.54. The van der Waals surface area contributed by atoms with Crippen LogP contribution < -0.4 is 16.4 Å². The van der Waals surface area contributed by atoms with Crippen LogP contribution in [0.2, 0.25) is 0 Å². The minimum Gasteiger partial charge on any atom is -0.397 e. The number of benzene rings is 2. The number of hydrogen-bond acceptors (Lipinski definition) is 4. The minimum absolute atomic E-state index is 0.136. The number of nitrogens with two attached hydrogens (primary N) is 1. The Morgan fingerprint density at radius 1 is 1.12 bits per heavy atom. The van der Waals surface area contributed by atoms with Crippen molar-refractivity contribution in [2.24, 2.45) is 5.41 Å². The third-order valence-corrected chi connectivity index (χ3v) is 4.95.